The van der Waals surface area contributed by atoms with E-state index in [0.29, 0.717) is 0 Å². The van der Waals surface area contributed by atoms with Gasteiger partial charge in [0.2, 0.25) is 0 Å². The molecule has 74 heavy (non-hydrogen) atoms. The molecule has 0 radical (unpaired) electrons. The van der Waals surface area contributed by atoms with Crippen LogP contribution in [0.15, 0.2) is 264 Å². The predicted molar refractivity (Wildman–Crippen MR) is 313 cm³/mol. The normalized spacial score (nSPS) is 12.1. The van der Waals surface area contributed by atoms with E-state index in [1.54, 1.807) is 0 Å². The molecule has 2 heteroatoms. The lowest BCUT2D eigenvalue weighted by Crippen LogP contribution is -1.92. The molecule has 0 aliphatic rings. The van der Waals surface area contributed by atoms with E-state index in [-0.39, 0.29) is 0 Å². The summed E-state index contributed by atoms with van der Waals surface area (Å²) >= 11 is 0. The first kappa shape index (κ1) is 40.9. The molecule has 0 saturated carbocycles. The molecular formula is C72H42O2. The van der Waals surface area contributed by atoms with Crippen LogP contribution < -0.4 is 0 Å². The molecule has 2 aromatic heterocycles. The number of hydrogen-bond donors (Lipinski definition) is 0. The van der Waals surface area contributed by atoms with E-state index in [1.807, 2.05) is 0 Å². The molecule has 0 amide bonds. The van der Waals surface area contributed by atoms with Gasteiger partial charge in [0.15, 0.2) is 0 Å². The van der Waals surface area contributed by atoms with Crippen LogP contribution in [0.4, 0.5) is 0 Å². The lowest BCUT2D eigenvalue weighted by atomic mass is 9.83. The van der Waals surface area contributed by atoms with Crippen molar-refractivity contribution in [3.8, 4) is 55.6 Å². The van der Waals surface area contributed by atoms with Crippen molar-refractivity contribution in [2.75, 3.05) is 0 Å². The van der Waals surface area contributed by atoms with Crippen LogP contribution in [-0.4, -0.2) is 0 Å². The minimum absolute atomic E-state index is 0.870. The third kappa shape index (κ3) is 6.06. The first-order valence-electron chi connectivity index (χ1n) is 25.5. The lowest BCUT2D eigenvalue weighted by Gasteiger charge is -2.19. The van der Waals surface area contributed by atoms with Crippen LogP contribution in [0.3, 0.4) is 0 Å². The van der Waals surface area contributed by atoms with E-state index >= 15 is 0 Å². The quantitative estimate of drug-likeness (QED) is 0.161. The molecule has 0 spiro atoms. The SMILES string of the molecule is c1ccc(-c2ccc(-c3c4ccccc4c(-c4ccc5c(c4)oc4ccc(-c6c7ccccc7c(-c7ccc8oc9cc%10ccccc%10cc9c8c7)c7ccccc67)cc45)c4ccccc34)c3ccccc23)cc1. The molecule has 16 aromatic rings. The van der Waals surface area contributed by atoms with Gasteiger partial charge in [-0.15, -0.1) is 0 Å². The summed E-state index contributed by atoms with van der Waals surface area (Å²) in [6.07, 6.45) is 0. The highest BCUT2D eigenvalue weighted by atomic mass is 16.3. The Morgan fingerprint density at radius 2 is 0.541 bits per heavy atom. The second-order valence-corrected chi connectivity index (χ2v) is 19.8. The fraction of sp³-hybridized carbons (Fsp3) is 0. The zero-order valence-electron chi connectivity index (χ0n) is 40.1. The van der Waals surface area contributed by atoms with Crippen molar-refractivity contribution < 1.29 is 8.83 Å². The third-order valence-electron chi connectivity index (χ3n) is 15.8. The van der Waals surface area contributed by atoms with Crippen LogP contribution in [0.25, 0.3) is 164 Å². The van der Waals surface area contributed by atoms with Gasteiger partial charge in [-0.25, -0.2) is 0 Å². The third-order valence-corrected chi connectivity index (χ3v) is 15.8. The van der Waals surface area contributed by atoms with Crippen LogP contribution in [0.1, 0.15) is 0 Å². The highest BCUT2D eigenvalue weighted by Gasteiger charge is 2.22. The minimum Gasteiger partial charge on any atom is -0.456 e. The standard InChI is InChI=1S/C72H42O2/c1-2-16-43(17-3-1)49-34-35-61(51-21-7-6-20-50(49)51)72-59-28-14-12-26-57(59)71(58-27-13-15-29-60(58)72)48-30-33-52-62-39-46(31-36-65(62)73-67(52)42-48)69-53-22-8-10-24-55(53)70(56-25-11-9-23-54(56)69)47-32-37-66-63(40-47)64-38-44-18-4-5-19-45(44)41-68(64)74-66/h1-42H. The Balaban J connectivity index is 0.849. The molecule has 2 heterocycles. The van der Waals surface area contributed by atoms with Crippen LogP contribution in [-0.2, 0) is 0 Å². The number of benzene rings is 14. The summed E-state index contributed by atoms with van der Waals surface area (Å²) in [4.78, 5) is 0. The maximum Gasteiger partial charge on any atom is 0.136 e. The smallest absolute Gasteiger partial charge is 0.136 e. The molecule has 0 N–H and O–H groups in total. The second kappa shape index (κ2) is 15.9. The monoisotopic (exact) mass is 938 g/mol. The van der Waals surface area contributed by atoms with Crippen molar-refractivity contribution in [1.82, 2.24) is 0 Å². The Morgan fingerprint density at radius 3 is 1.07 bits per heavy atom. The zero-order chi connectivity index (χ0) is 48.4. The van der Waals surface area contributed by atoms with E-state index in [0.717, 1.165) is 55.0 Å². The number of rotatable bonds is 5. The molecule has 0 aliphatic heterocycles. The van der Waals surface area contributed by atoms with E-state index in [4.69, 9.17) is 8.83 Å². The van der Waals surface area contributed by atoms with Gasteiger partial charge in [0.05, 0.1) is 0 Å². The van der Waals surface area contributed by atoms with Gasteiger partial charge in [0.25, 0.3) is 0 Å². The molecule has 0 fully saturated rings. The van der Waals surface area contributed by atoms with Gasteiger partial charge < -0.3 is 8.83 Å². The van der Waals surface area contributed by atoms with Crippen LogP contribution >= 0.6 is 0 Å². The van der Waals surface area contributed by atoms with Gasteiger partial charge in [0, 0.05) is 21.5 Å². The molecular weight excluding hydrogens is 897 g/mol. The molecule has 0 unspecified atom stereocenters. The van der Waals surface area contributed by atoms with Gasteiger partial charge in [-0.2, -0.15) is 0 Å². The largest absolute Gasteiger partial charge is 0.456 e. The molecule has 342 valence electrons. The minimum atomic E-state index is 0.870. The molecule has 0 aliphatic carbocycles. The average molecular weight is 939 g/mol. The van der Waals surface area contributed by atoms with E-state index in [9.17, 15) is 0 Å². The first-order chi connectivity index (χ1) is 36.7. The Labute approximate surface area is 425 Å². The fourth-order valence-electron chi connectivity index (χ4n) is 12.6. The number of hydrogen-bond acceptors (Lipinski definition) is 2. The summed E-state index contributed by atoms with van der Waals surface area (Å²) in [6.45, 7) is 0. The molecule has 0 bridgehead atoms. The highest BCUT2D eigenvalue weighted by Crippen LogP contribution is 2.49. The van der Waals surface area contributed by atoms with Crippen LogP contribution in [0.2, 0.25) is 0 Å². The first-order valence-corrected chi connectivity index (χ1v) is 25.5. The molecule has 2 nitrogen and oxygen atoms in total. The van der Waals surface area contributed by atoms with Crippen molar-refractivity contribution in [2.24, 2.45) is 0 Å². The Bertz CT molecular complexity index is 4900. The van der Waals surface area contributed by atoms with E-state index in [1.165, 1.54) is 109 Å². The van der Waals surface area contributed by atoms with Crippen molar-refractivity contribution in [3.63, 3.8) is 0 Å². The van der Waals surface area contributed by atoms with Gasteiger partial charge in [-0.3, -0.25) is 0 Å². The van der Waals surface area contributed by atoms with Crippen LogP contribution in [0.5, 0.6) is 0 Å². The van der Waals surface area contributed by atoms with Gasteiger partial charge in [0.1, 0.15) is 22.3 Å². The summed E-state index contributed by atoms with van der Waals surface area (Å²) in [5, 5.41) is 19.0. The molecule has 16 rings (SSSR count). The predicted octanol–water partition coefficient (Wildman–Crippen LogP) is 20.7. The number of fused-ring (bicyclic) bond motifs is 12. The Morgan fingerprint density at radius 1 is 0.176 bits per heavy atom. The fourth-order valence-corrected chi connectivity index (χ4v) is 12.6. The lowest BCUT2D eigenvalue weighted by molar-refractivity contribution is 0.669. The van der Waals surface area contributed by atoms with Crippen molar-refractivity contribution in [3.05, 3.63) is 255 Å². The second-order valence-electron chi connectivity index (χ2n) is 19.8. The Kier molecular flexibility index (Phi) is 8.78. The summed E-state index contributed by atoms with van der Waals surface area (Å²) < 4.78 is 13.3. The van der Waals surface area contributed by atoms with Gasteiger partial charge in [-0.05, 0) is 169 Å². The maximum absolute atomic E-state index is 6.85. The summed E-state index contributed by atoms with van der Waals surface area (Å²) in [6, 6.07) is 93.1. The summed E-state index contributed by atoms with van der Waals surface area (Å²) in [7, 11) is 0. The molecule has 0 atom stereocenters. The topological polar surface area (TPSA) is 26.3 Å². The van der Waals surface area contributed by atoms with Gasteiger partial charge in [-0.1, -0.05) is 206 Å². The molecule has 0 saturated heterocycles. The zero-order valence-corrected chi connectivity index (χ0v) is 40.1. The van der Waals surface area contributed by atoms with Crippen LogP contribution in [0, 0.1) is 0 Å². The van der Waals surface area contributed by atoms with Crippen molar-refractivity contribution >= 4 is 109 Å². The van der Waals surface area contributed by atoms with E-state index in [2.05, 4.69) is 255 Å². The number of furan rings is 2. The summed E-state index contributed by atoms with van der Waals surface area (Å²) in [5.41, 5.74) is 15.6. The summed E-state index contributed by atoms with van der Waals surface area (Å²) in [5.74, 6) is 0. The van der Waals surface area contributed by atoms with Crippen molar-refractivity contribution in [2.45, 2.75) is 0 Å². The van der Waals surface area contributed by atoms with Crippen molar-refractivity contribution in [1.29, 1.82) is 0 Å². The highest BCUT2D eigenvalue weighted by molar-refractivity contribution is 6.26. The Hall–Kier alpha value is -9.76. The molecule has 14 aromatic carbocycles. The van der Waals surface area contributed by atoms with Gasteiger partial charge >= 0.3 is 0 Å². The van der Waals surface area contributed by atoms with E-state index < -0.39 is 0 Å². The maximum atomic E-state index is 6.85. The average Bonchev–Trinajstić information content (AvgIpc) is 4.01.